The van der Waals surface area contributed by atoms with Crippen LogP contribution in [0.3, 0.4) is 0 Å². The highest BCUT2D eigenvalue weighted by atomic mass is 15.3. The quantitative estimate of drug-likeness (QED) is 0.654. The van der Waals surface area contributed by atoms with Gasteiger partial charge in [-0.25, -0.2) is 4.99 Å². The molecule has 1 saturated heterocycles. The van der Waals surface area contributed by atoms with Gasteiger partial charge in [0.25, 0.3) is 0 Å². The Hall–Kier alpha value is -1.58. The van der Waals surface area contributed by atoms with Crippen LogP contribution in [-0.2, 0) is 6.54 Å². The van der Waals surface area contributed by atoms with Crippen molar-refractivity contribution >= 4 is 5.96 Å². The molecule has 0 aliphatic carbocycles. The molecule has 1 aromatic heterocycles. The number of rotatable bonds is 3. The van der Waals surface area contributed by atoms with Crippen molar-refractivity contribution in [3.63, 3.8) is 0 Å². The largest absolute Gasteiger partial charge is 0.357 e. The second-order valence-electron chi connectivity index (χ2n) is 4.63. The van der Waals surface area contributed by atoms with E-state index in [9.17, 15) is 0 Å². The van der Waals surface area contributed by atoms with Gasteiger partial charge in [0.05, 0.1) is 12.2 Å². The molecule has 0 saturated carbocycles. The van der Waals surface area contributed by atoms with E-state index in [1.54, 1.807) is 0 Å². The molecule has 0 bridgehead atoms. The lowest BCUT2D eigenvalue weighted by Gasteiger charge is -2.20. The van der Waals surface area contributed by atoms with Gasteiger partial charge in [-0.15, -0.1) is 0 Å². The Morgan fingerprint density at radius 2 is 2.22 bits per heavy atom. The van der Waals surface area contributed by atoms with E-state index < -0.39 is 0 Å². The lowest BCUT2D eigenvalue weighted by molar-refractivity contribution is 0.493. The minimum atomic E-state index is 0.658. The SMILES string of the molecule is CCNC(=NCc1ncccc1C)N1CCCC1. The van der Waals surface area contributed by atoms with Crippen molar-refractivity contribution in [3.05, 3.63) is 29.6 Å². The number of nitrogens with one attached hydrogen (secondary N) is 1. The zero-order valence-electron chi connectivity index (χ0n) is 11.3. The Morgan fingerprint density at radius 3 is 2.89 bits per heavy atom. The van der Waals surface area contributed by atoms with E-state index in [-0.39, 0.29) is 0 Å². The third-order valence-electron chi connectivity index (χ3n) is 3.24. The summed E-state index contributed by atoms with van der Waals surface area (Å²) in [6.45, 7) is 8.00. The van der Waals surface area contributed by atoms with Crippen molar-refractivity contribution in [1.29, 1.82) is 0 Å². The third-order valence-corrected chi connectivity index (χ3v) is 3.24. The van der Waals surface area contributed by atoms with E-state index in [4.69, 9.17) is 4.99 Å². The molecule has 2 rings (SSSR count). The van der Waals surface area contributed by atoms with Gasteiger partial charge < -0.3 is 10.2 Å². The molecule has 0 radical (unpaired) electrons. The Bertz CT molecular complexity index is 408. The second-order valence-corrected chi connectivity index (χ2v) is 4.63. The smallest absolute Gasteiger partial charge is 0.194 e. The van der Waals surface area contributed by atoms with E-state index >= 15 is 0 Å². The summed E-state index contributed by atoms with van der Waals surface area (Å²) in [5.41, 5.74) is 2.27. The van der Waals surface area contributed by atoms with Gasteiger partial charge in [0.2, 0.25) is 0 Å². The maximum Gasteiger partial charge on any atom is 0.194 e. The van der Waals surface area contributed by atoms with Crippen LogP contribution in [0.5, 0.6) is 0 Å². The molecule has 1 fully saturated rings. The first-order valence-corrected chi connectivity index (χ1v) is 6.75. The number of likely N-dealkylation sites (tertiary alicyclic amines) is 1. The van der Waals surface area contributed by atoms with E-state index in [1.165, 1.54) is 18.4 Å². The molecule has 0 amide bonds. The molecule has 4 heteroatoms. The monoisotopic (exact) mass is 246 g/mol. The predicted molar refractivity (Wildman–Crippen MR) is 74.6 cm³/mol. The lowest BCUT2D eigenvalue weighted by atomic mass is 10.2. The van der Waals surface area contributed by atoms with E-state index in [2.05, 4.69) is 35.1 Å². The Morgan fingerprint density at radius 1 is 1.44 bits per heavy atom. The highest BCUT2D eigenvalue weighted by molar-refractivity contribution is 5.80. The van der Waals surface area contributed by atoms with E-state index in [0.29, 0.717) is 6.54 Å². The second kappa shape index (κ2) is 6.38. The number of aromatic nitrogens is 1. The number of guanidine groups is 1. The summed E-state index contributed by atoms with van der Waals surface area (Å²) in [6.07, 6.45) is 4.38. The van der Waals surface area contributed by atoms with Gasteiger partial charge in [-0.3, -0.25) is 4.98 Å². The molecule has 0 atom stereocenters. The number of hydrogen-bond acceptors (Lipinski definition) is 2. The van der Waals surface area contributed by atoms with Gasteiger partial charge in [0.1, 0.15) is 0 Å². The molecule has 4 nitrogen and oxygen atoms in total. The summed E-state index contributed by atoms with van der Waals surface area (Å²) in [4.78, 5) is 11.4. The summed E-state index contributed by atoms with van der Waals surface area (Å²) in [7, 11) is 0. The number of aliphatic imine (C=N–C) groups is 1. The summed E-state index contributed by atoms with van der Waals surface area (Å²) in [5, 5.41) is 3.36. The third kappa shape index (κ3) is 3.22. The molecule has 1 N–H and O–H groups in total. The highest BCUT2D eigenvalue weighted by Crippen LogP contribution is 2.09. The fourth-order valence-corrected chi connectivity index (χ4v) is 2.19. The van der Waals surface area contributed by atoms with Crippen LogP contribution in [0.15, 0.2) is 23.3 Å². The van der Waals surface area contributed by atoms with Crippen LogP contribution >= 0.6 is 0 Å². The van der Waals surface area contributed by atoms with Gasteiger partial charge in [-0.2, -0.15) is 0 Å². The van der Waals surface area contributed by atoms with Gasteiger partial charge in [0.15, 0.2) is 5.96 Å². The van der Waals surface area contributed by atoms with Crippen molar-refractivity contribution in [2.75, 3.05) is 19.6 Å². The molecule has 0 unspecified atom stereocenters. The molecular formula is C14H22N4. The normalized spacial score (nSPS) is 16.1. The van der Waals surface area contributed by atoms with Crippen molar-refractivity contribution in [3.8, 4) is 0 Å². The number of hydrogen-bond donors (Lipinski definition) is 1. The standard InChI is InChI=1S/C14H22N4/c1-3-15-14(18-9-4-5-10-18)17-11-13-12(2)7-6-8-16-13/h6-8H,3-5,9-11H2,1-2H3,(H,15,17). The summed E-state index contributed by atoms with van der Waals surface area (Å²) in [5.74, 6) is 1.03. The minimum absolute atomic E-state index is 0.658. The number of pyridine rings is 1. The molecule has 1 aromatic rings. The Balaban J connectivity index is 2.06. The van der Waals surface area contributed by atoms with Crippen molar-refractivity contribution in [1.82, 2.24) is 15.2 Å². The van der Waals surface area contributed by atoms with E-state index in [1.807, 2.05) is 12.3 Å². The van der Waals surface area contributed by atoms with Crippen LogP contribution < -0.4 is 5.32 Å². The van der Waals surface area contributed by atoms with Crippen LogP contribution in [0.1, 0.15) is 31.0 Å². The fraction of sp³-hybridized carbons (Fsp3) is 0.571. The maximum atomic E-state index is 4.70. The topological polar surface area (TPSA) is 40.5 Å². The van der Waals surface area contributed by atoms with Gasteiger partial charge in [0, 0.05) is 25.8 Å². The zero-order chi connectivity index (χ0) is 12.8. The van der Waals surface area contributed by atoms with Gasteiger partial charge in [-0.1, -0.05) is 6.07 Å². The van der Waals surface area contributed by atoms with Crippen LogP contribution in [0.25, 0.3) is 0 Å². The average Bonchev–Trinajstić information content (AvgIpc) is 2.90. The molecule has 18 heavy (non-hydrogen) atoms. The Kier molecular flexibility index (Phi) is 4.56. The van der Waals surface area contributed by atoms with Crippen LogP contribution in [0.2, 0.25) is 0 Å². The van der Waals surface area contributed by atoms with E-state index in [0.717, 1.165) is 31.3 Å². The predicted octanol–water partition coefficient (Wildman–Crippen LogP) is 1.95. The molecule has 0 aromatic carbocycles. The first-order valence-electron chi connectivity index (χ1n) is 6.75. The average molecular weight is 246 g/mol. The minimum Gasteiger partial charge on any atom is -0.357 e. The van der Waals surface area contributed by atoms with Crippen LogP contribution in [0, 0.1) is 6.92 Å². The summed E-state index contributed by atoms with van der Waals surface area (Å²) in [6, 6.07) is 4.05. The first kappa shape index (κ1) is 12.9. The van der Waals surface area contributed by atoms with Crippen LogP contribution in [0.4, 0.5) is 0 Å². The molecule has 1 aliphatic heterocycles. The molecule has 0 spiro atoms. The highest BCUT2D eigenvalue weighted by Gasteiger charge is 2.15. The number of nitrogens with zero attached hydrogens (tertiary/aromatic N) is 3. The van der Waals surface area contributed by atoms with Crippen molar-refractivity contribution in [2.24, 2.45) is 4.99 Å². The van der Waals surface area contributed by atoms with Gasteiger partial charge in [-0.05, 0) is 38.3 Å². The summed E-state index contributed by atoms with van der Waals surface area (Å²) >= 11 is 0. The zero-order valence-corrected chi connectivity index (χ0v) is 11.3. The maximum absolute atomic E-state index is 4.70. The van der Waals surface area contributed by atoms with Crippen molar-refractivity contribution < 1.29 is 0 Å². The number of aryl methyl sites for hydroxylation is 1. The Labute approximate surface area is 109 Å². The molecule has 98 valence electrons. The first-order chi connectivity index (χ1) is 8.81. The molecule has 1 aliphatic rings. The van der Waals surface area contributed by atoms with Gasteiger partial charge >= 0.3 is 0 Å². The van der Waals surface area contributed by atoms with Crippen LogP contribution in [-0.4, -0.2) is 35.5 Å². The van der Waals surface area contributed by atoms with Crippen molar-refractivity contribution in [2.45, 2.75) is 33.2 Å². The molecule has 2 heterocycles. The fourth-order valence-electron chi connectivity index (χ4n) is 2.19. The lowest BCUT2D eigenvalue weighted by Crippen LogP contribution is -2.39. The molecular weight excluding hydrogens is 224 g/mol. The summed E-state index contributed by atoms with van der Waals surface area (Å²) < 4.78 is 0.